The van der Waals surface area contributed by atoms with Gasteiger partial charge in [-0.1, -0.05) is 0 Å². The Morgan fingerprint density at radius 1 is 1.10 bits per heavy atom. The molecule has 30 heavy (non-hydrogen) atoms. The number of anilines is 1. The number of ether oxygens (including phenoxy) is 3. The van der Waals surface area contributed by atoms with E-state index >= 15 is 0 Å². The number of methoxy groups -OCH3 is 3. The summed E-state index contributed by atoms with van der Waals surface area (Å²) in [7, 11) is 4.48. The van der Waals surface area contributed by atoms with E-state index in [4.69, 9.17) is 14.2 Å². The lowest BCUT2D eigenvalue weighted by Crippen LogP contribution is -2.13. The molecule has 0 spiro atoms. The Bertz CT molecular complexity index is 1060. The molecule has 0 aliphatic heterocycles. The fourth-order valence-corrected chi connectivity index (χ4v) is 4.65. The van der Waals surface area contributed by atoms with Gasteiger partial charge in [-0.2, -0.15) is 10.5 Å². The lowest BCUT2D eigenvalue weighted by atomic mass is 9.96. The highest BCUT2D eigenvalue weighted by Crippen LogP contribution is 2.38. The zero-order chi connectivity index (χ0) is 21.7. The number of rotatable bonds is 6. The Morgan fingerprint density at radius 2 is 1.77 bits per heavy atom. The van der Waals surface area contributed by atoms with Gasteiger partial charge in [0.25, 0.3) is 5.91 Å². The van der Waals surface area contributed by atoms with Crippen LogP contribution in [0.5, 0.6) is 17.2 Å². The van der Waals surface area contributed by atoms with Crippen molar-refractivity contribution in [1.82, 2.24) is 0 Å². The van der Waals surface area contributed by atoms with Crippen LogP contribution in [0.1, 0.15) is 34.4 Å². The van der Waals surface area contributed by atoms with Gasteiger partial charge in [-0.3, -0.25) is 4.79 Å². The second-order valence-electron chi connectivity index (χ2n) is 6.60. The molecule has 0 saturated heterocycles. The van der Waals surface area contributed by atoms with Crippen LogP contribution in [0.25, 0.3) is 6.08 Å². The van der Waals surface area contributed by atoms with Crippen LogP contribution in [0.4, 0.5) is 5.00 Å². The summed E-state index contributed by atoms with van der Waals surface area (Å²) in [4.78, 5) is 14.0. The summed E-state index contributed by atoms with van der Waals surface area (Å²) in [6.45, 7) is 0. The van der Waals surface area contributed by atoms with E-state index in [1.165, 1.54) is 38.7 Å². The maximum atomic E-state index is 12.8. The van der Waals surface area contributed by atoms with Crippen molar-refractivity contribution in [3.05, 3.63) is 39.3 Å². The van der Waals surface area contributed by atoms with E-state index in [9.17, 15) is 15.3 Å². The van der Waals surface area contributed by atoms with Gasteiger partial charge in [-0.15, -0.1) is 11.3 Å². The zero-order valence-corrected chi connectivity index (χ0v) is 17.8. The van der Waals surface area contributed by atoms with Crippen LogP contribution in [0, 0.1) is 22.7 Å². The monoisotopic (exact) mass is 423 g/mol. The maximum Gasteiger partial charge on any atom is 0.266 e. The molecule has 0 radical (unpaired) electrons. The standard InChI is InChI=1S/C22H21N3O4S/c1-27-14-9-18(28-2)16(19(10-14)29-3)8-13(11-23)21(26)25-22-17(12-24)15-6-4-5-7-20(15)30-22/h8-10H,4-7H2,1-3H3,(H,25,26)/b13-8+. The Balaban J connectivity index is 1.97. The number of benzene rings is 1. The van der Waals surface area contributed by atoms with Crippen LogP contribution >= 0.6 is 11.3 Å². The number of nitrogens with one attached hydrogen (secondary N) is 1. The van der Waals surface area contributed by atoms with Gasteiger partial charge >= 0.3 is 0 Å². The van der Waals surface area contributed by atoms with Crippen LogP contribution in [0.2, 0.25) is 0 Å². The molecule has 1 aromatic heterocycles. The molecule has 0 unspecified atom stereocenters. The van der Waals surface area contributed by atoms with E-state index < -0.39 is 5.91 Å². The fourth-order valence-electron chi connectivity index (χ4n) is 3.41. The largest absolute Gasteiger partial charge is 0.496 e. The van der Waals surface area contributed by atoms with Crippen molar-refractivity contribution in [3.63, 3.8) is 0 Å². The molecule has 8 heteroatoms. The van der Waals surface area contributed by atoms with E-state index in [2.05, 4.69) is 11.4 Å². The number of hydrogen-bond donors (Lipinski definition) is 1. The van der Waals surface area contributed by atoms with Crippen molar-refractivity contribution in [2.75, 3.05) is 26.6 Å². The first-order valence-corrected chi connectivity index (χ1v) is 10.2. The fraction of sp³-hybridized carbons (Fsp3) is 0.318. The van der Waals surface area contributed by atoms with Crippen molar-refractivity contribution in [2.24, 2.45) is 0 Å². The first kappa shape index (κ1) is 21.2. The lowest BCUT2D eigenvalue weighted by Gasteiger charge is -2.13. The minimum absolute atomic E-state index is 0.132. The molecule has 1 amide bonds. The van der Waals surface area contributed by atoms with Gasteiger partial charge in [0.1, 0.15) is 40.0 Å². The molecule has 2 aromatic rings. The molecule has 1 aliphatic rings. The zero-order valence-electron chi connectivity index (χ0n) is 17.0. The summed E-state index contributed by atoms with van der Waals surface area (Å²) in [6.07, 6.45) is 5.27. The summed E-state index contributed by atoms with van der Waals surface area (Å²) in [6, 6.07) is 7.42. The highest BCUT2D eigenvalue weighted by molar-refractivity contribution is 7.16. The van der Waals surface area contributed by atoms with Crippen molar-refractivity contribution < 1.29 is 19.0 Å². The molecule has 1 aliphatic carbocycles. The summed E-state index contributed by atoms with van der Waals surface area (Å²) in [5.74, 6) is 0.728. The third-order valence-corrected chi connectivity index (χ3v) is 6.12. The smallest absolute Gasteiger partial charge is 0.266 e. The number of fused-ring (bicyclic) bond motifs is 1. The second-order valence-corrected chi connectivity index (χ2v) is 7.70. The molecule has 0 atom stereocenters. The van der Waals surface area contributed by atoms with Gasteiger partial charge in [-0.25, -0.2) is 0 Å². The molecular weight excluding hydrogens is 402 g/mol. The number of aryl methyl sites for hydroxylation is 1. The summed E-state index contributed by atoms with van der Waals surface area (Å²) in [5, 5.41) is 22.4. The van der Waals surface area contributed by atoms with E-state index in [1.807, 2.05) is 6.07 Å². The summed E-state index contributed by atoms with van der Waals surface area (Å²) < 4.78 is 16.0. The Kier molecular flexibility index (Phi) is 6.61. The molecule has 0 fully saturated rings. The first-order valence-electron chi connectivity index (χ1n) is 9.34. The Hall–Kier alpha value is -3.49. The predicted molar refractivity (Wildman–Crippen MR) is 114 cm³/mol. The highest BCUT2D eigenvalue weighted by Gasteiger charge is 2.23. The van der Waals surface area contributed by atoms with Crippen molar-refractivity contribution in [2.45, 2.75) is 25.7 Å². The van der Waals surface area contributed by atoms with Crippen LogP contribution in [0.3, 0.4) is 0 Å². The molecule has 1 N–H and O–H groups in total. The SMILES string of the molecule is COc1cc(OC)c(/C=C(\C#N)C(=O)Nc2sc3c(c2C#N)CCCC3)c(OC)c1. The average Bonchev–Trinajstić information content (AvgIpc) is 3.13. The van der Waals surface area contributed by atoms with Gasteiger partial charge in [-0.05, 0) is 37.3 Å². The first-order chi connectivity index (χ1) is 14.6. The third kappa shape index (κ3) is 4.10. The van der Waals surface area contributed by atoms with Crippen LogP contribution in [-0.2, 0) is 17.6 Å². The van der Waals surface area contributed by atoms with E-state index in [1.54, 1.807) is 12.1 Å². The Labute approximate surface area is 179 Å². The number of hydrogen-bond acceptors (Lipinski definition) is 7. The number of thiophene rings is 1. The Morgan fingerprint density at radius 3 is 2.33 bits per heavy atom. The van der Waals surface area contributed by atoms with E-state index in [-0.39, 0.29) is 5.57 Å². The number of amides is 1. The average molecular weight is 423 g/mol. The van der Waals surface area contributed by atoms with Gasteiger partial charge in [0.15, 0.2) is 0 Å². The van der Waals surface area contributed by atoms with Gasteiger partial charge in [0.05, 0.1) is 32.5 Å². The summed E-state index contributed by atoms with van der Waals surface area (Å²) in [5.41, 5.74) is 1.83. The van der Waals surface area contributed by atoms with Crippen LogP contribution < -0.4 is 19.5 Å². The van der Waals surface area contributed by atoms with Gasteiger partial charge in [0, 0.05) is 17.0 Å². The molecule has 7 nitrogen and oxygen atoms in total. The van der Waals surface area contributed by atoms with Gasteiger partial charge in [0.2, 0.25) is 0 Å². The topological polar surface area (TPSA) is 104 Å². The van der Waals surface area contributed by atoms with E-state index in [0.29, 0.717) is 33.4 Å². The number of nitriles is 2. The molecule has 0 bridgehead atoms. The second kappa shape index (κ2) is 9.34. The quantitative estimate of drug-likeness (QED) is 0.555. The third-order valence-electron chi connectivity index (χ3n) is 4.92. The molecule has 0 saturated carbocycles. The highest BCUT2D eigenvalue weighted by atomic mass is 32.1. The summed E-state index contributed by atoms with van der Waals surface area (Å²) >= 11 is 1.41. The normalized spacial score (nSPS) is 12.9. The molecule has 1 heterocycles. The maximum absolute atomic E-state index is 12.8. The molecule has 154 valence electrons. The number of carbonyl (C=O) groups excluding carboxylic acids is 1. The minimum Gasteiger partial charge on any atom is -0.496 e. The van der Waals surface area contributed by atoms with Crippen molar-refractivity contribution in [3.8, 4) is 29.4 Å². The lowest BCUT2D eigenvalue weighted by molar-refractivity contribution is -0.112. The van der Waals surface area contributed by atoms with Crippen molar-refractivity contribution in [1.29, 1.82) is 10.5 Å². The molecule has 1 aromatic carbocycles. The van der Waals surface area contributed by atoms with Crippen LogP contribution in [-0.4, -0.2) is 27.2 Å². The molecule has 3 rings (SSSR count). The predicted octanol–water partition coefficient (Wildman–Crippen LogP) is 4.07. The van der Waals surface area contributed by atoms with E-state index in [0.717, 1.165) is 36.1 Å². The number of nitrogens with zero attached hydrogens (tertiary/aromatic N) is 2. The van der Waals surface area contributed by atoms with Gasteiger partial charge < -0.3 is 19.5 Å². The van der Waals surface area contributed by atoms with Crippen LogP contribution in [0.15, 0.2) is 17.7 Å². The number of carbonyl (C=O) groups is 1. The minimum atomic E-state index is -0.590. The van der Waals surface area contributed by atoms with Crippen molar-refractivity contribution >= 4 is 28.3 Å². The molecular formula is C22H21N3O4S.